The molecule has 0 amide bonds. The van der Waals surface area contributed by atoms with Crippen molar-refractivity contribution in [1.29, 1.82) is 0 Å². The third-order valence-electron chi connectivity index (χ3n) is 3.30. The molecular weight excluding hydrogens is 288 g/mol. The van der Waals surface area contributed by atoms with Gasteiger partial charge in [0.15, 0.2) is 0 Å². The Morgan fingerprint density at radius 2 is 1.81 bits per heavy atom. The van der Waals surface area contributed by atoms with Crippen LogP contribution in [0.25, 0.3) is 22.0 Å². The van der Waals surface area contributed by atoms with E-state index in [1.807, 2.05) is 12.1 Å². The molecule has 0 fully saturated rings. The Bertz CT molecular complexity index is 925. The van der Waals surface area contributed by atoms with Crippen LogP contribution >= 0.6 is 0 Å². The van der Waals surface area contributed by atoms with Crippen LogP contribution in [-0.4, -0.2) is 29.9 Å². The van der Waals surface area contributed by atoms with Crippen molar-refractivity contribution in [3.05, 3.63) is 54.5 Å². The van der Waals surface area contributed by atoms with Crippen molar-refractivity contribution in [1.82, 2.24) is 8.96 Å². The molecule has 0 saturated carbocycles. The van der Waals surface area contributed by atoms with Gasteiger partial charge in [0, 0.05) is 28.9 Å². The molecule has 3 aromatic rings. The van der Waals surface area contributed by atoms with Crippen LogP contribution in [0.2, 0.25) is 0 Å². The first-order valence-corrected chi connectivity index (χ1v) is 8.07. The summed E-state index contributed by atoms with van der Waals surface area (Å²) in [6, 6.07) is 8.82. The van der Waals surface area contributed by atoms with E-state index in [1.165, 1.54) is 16.4 Å². The molecule has 0 saturated heterocycles. The molecule has 0 unspecified atom stereocenters. The third kappa shape index (κ3) is 2.34. The number of pyridine rings is 1. The van der Waals surface area contributed by atoms with Crippen LogP contribution in [-0.2, 0) is 10.0 Å². The zero-order valence-corrected chi connectivity index (χ0v) is 12.0. The second-order valence-corrected chi connectivity index (χ2v) is 6.59. The molecule has 0 bridgehead atoms. The summed E-state index contributed by atoms with van der Waals surface area (Å²) in [5.74, 6) is 0. The van der Waals surface area contributed by atoms with Crippen molar-refractivity contribution in [2.75, 3.05) is 6.26 Å². The number of nitrogens with zero attached hydrogens (tertiary/aromatic N) is 2. The molecule has 106 valence electrons. The van der Waals surface area contributed by atoms with Crippen LogP contribution in [0.4, 0.5) is 0 Å². The van der Waals surface area contributed by atoms with Gasteiger partial charge in [0.2, 0.25) is 10.0 Å². The first-order valence-electron chi connectivity index (χ1n) is 6.22. The second-order valence-electron chi connectivity index (χ2n) is 4.73. The van der Waals surface area contributed by atoms with Crippen LogP contribution in [0, 0.1) is 0 Å². The fourth-order valence-corrected chi connectivity index (χ4v) is 3.08. The molecule has 1 aromatic carbocycles. The number of rotatable bonds is 3. The van der Waals surface area contributed by atoms with E-state index in [2.05, 4.69) is 4.98 Å². The lowest BCUT2D eigenvalue weighted by atomic mass is 10.0. The van der Waals surface area contributed by atoms with Gasteiger partial charge >= 0.3 is 0 Å². The zero-order valence-electron chi connectivity index (χ0n) is 11.2. The van der Waals surface area contributed by atoms with E-state index in [4.69, 9.17) is 0 Å². The molecule has 0 atom stereocenters. The Morgan fingerprint density at radius 1 is 1.10 bits per heavy atom. The quantitative estimate of drug-likeness (QED) is 0.696. The van der Waals surface area contributed by atoms with Crippen LogP contribution in [0.15, 0.2) is 48.9 Å². The predicted octanol–water partition coefficient (Wildman–Crippen LogP) is 2.32. The highest BCUT2D eigenvalue weighted by atomic mass is 32.2. The van der Waals surface area contributed by atoms with E-state index in [1.54, 1.807) is 24.4 Å². The summed E-state index contributed by atoms with van der Waals surface area (Å²) >= 11 is 0. The van der Waals surface area contributed by atoms with E-state index in [-0.39, 0.29) is 0 Å². The van der Waals surface area contributed by atoms with Gasteiger partial charge in [-0.3, -0.25) is 9.78 Å². The molecule has 0 aliphatic heterocycles. The molecule has 3 rings (SSSR count). The number of carbonyl (C=O) groups excluding carboxylic acids is 1. The summed E-state index contributed by atoms with van der Waals surface area (Å²) < 4.78 is 24.7. The number of aromatic nitrogens is 2. The number of fused-ring (bicyclic) bond motifs is 1. The number of hydrogen-bond acceptors (Lipinski definition) is 4. The molecule has 0 aliphatic carbocycles. The maximum absolute atomic E-state index is 11.7. The van der Waals surface area contributed by atoms with Crippen LogP contribution in [0.1, 0.15) is 10.4 Å². The minimum absolute atomic E-state index is 0.537. The topological polar surface area (TPSA) is 69.0 Å². The Labute approximate surface area is 121 Å². The lowest BCUT2D eigenvalue weighted by Gasteiger charge is -2.05. The molecule has 0 spiro atoms. The van der Waals surface area contributed by atoms with Gasteiger partial charge in [-0.15, -0.1) is 0 Å². The summed E-state index contributed by atoms with van der Waals surface area (Å²) in [7, 11) is -3.37. The van der Waals surface area contributed by atoms with E-state index >= 15 is 0 Å². The highest BCUT2D eigenvalue weighted by Gasteiger charge is 2.13. The van der Waals surface area contributed by atoms with Crippen LogP contribution < -0.4 is 0 Å². The lowest BCUT2D eigenvalue weighted by Crippen LogP contribution is -2.08. The number of aldehydes is 1. The average molecular weight is 300 g/mol. The average Bonchev–Trinajstić information content (AvgIpc) is 2.91. The molecule has 0 aliphatic rings. The molecular formula is C15H12N2O3S. The van der Waals surface area contributed by atoms with Crippen molar-refractivity contribution in [3.8, 4) is 11.1 Å². The Morgan fingerprint density at radius 3 is 2.43 bits per heavy atom. The molecule has 2 aromatic heterocycles. The van der Waals surface area contributed by atoms with Crippen molar-refractivity contribution in [3.63, 3.8) is 0 Å². The minimum atomic E-state index is -3.37. The number of carbonyl (C=O) groups is 1. The monoisotopic (exact) mass is 300 g/mol. The highest BCUT2D eigenvalue weighted by Crippen LogP contribution is 2.29. The normalized spacial score (nSPS) is 11.7. The van der Waals surface area contributed by atoms with Crippen molar-refractivity contribution >= 4 is 27.2 Å². The molecule has 0 radical (unpaired) electrons. The van der Waals surface area contributed by atoms with E-state index in [0.29, 0.717) is 11.1 Å². The largest absolute Gasteiger partial charge is 0.298 e. The SMILES string of the molecule is CS(=O)(=O)n1ccc2c(-c3ccc(C=O)cc3)cncc21. The van der Waals surface area contributed by atoms with Gasteiger partial charge < -0.3 is 0 Å². The van der Waals surface area contributed by atoms with Gasteiger partial charge in [0.25, 0.3) is 0 Å². The van der Waals surface area contributed by atoms with Gasteiger partial charge in [-0.2, -0.15) is 0 Å². The molecule has 6 heteroatoms. The van der Waals surface area contributed by atoms with E-state index in [9.17, 15) is 13.2 Å². The van der Waals surface area contributed by atoms with Gasteiger partial charge in [0.05, 0.1) is 18.0 Å². The summed E-state index contributed by atoms with van der Waals surface area (Å²) in [5, 5.41) is 0.800. The maximum Gasteiger partial charge on any atom is 0.236 e. The molecule has 21 heavy (non-hydrogen) atoms. The number of hydrogen-bond donors (Lipinski definition) is 0. The summed E-state index contributed by atoms with van der Waals surface area (Å²) in [6.45, 7) is 0. The smallest absolute Gasteiger partial charge is 0.236 e. The first kappa shape index (κ1) is 13.5. The number of benzene rings is 1. The fourth-order valence-electron chi connectivity index (χ4n) is 2.29. The fraction of sp³-hybridized carbons (Fsp3) is 0.0667. The molecule has 2 heterocycles. The summed E-state index contributed by atoms with van der Waals surface area (Å²) in [5.41, 5.74) is 2.83. The zero-order chi connectivity index (χ0) is 15.0. The Balaban J connectivity index is 2.24. The second kappa shape index (κ2) is 4.82. The van der Waals surface area contributed by atoms with Crippen molar-refractivity contribution in [2.24, 2.45) is 0 Å². The lowest BCUT2D eigenvalue weighted by molar-refractivity contribution is 0.112. The summed E-state index contributed by atoms with van der Waals surface area (Å²) in [4.78, 5) is 14.8. The van der Waals surface area contributed by atoms with Crippen molar-refractivity contribution < 1.29 is 13.2 Å². The maximum atomic E-state index is 11.7. The van der Waals surface area contributed by atoms with Gasteiger partial charge in [-0.25, -0.2) is 12.4 Å². The van der Waals surface area contributed by atoms with Gasteiger partial charge in [0.1, 0.15) is 6.29 Å². The highest BCUT2D eigenvalue weighted by molar-refractivity contribution is 7.89. The third-order valence-corrected chi connectivity index (χ3v) is 4.33. The molecule has 0 N–H and O–H groups in total. The standard InChI is InChI=1S/C15H12N2O3S/c1-21(19,20)17-7-6-13-14(8-16-9-15(13)17)12-4-2-11(10-18)3-5-12/h2-10H,1H3. The van der Waals surface area contributed by atoms with Crippen LogP contribution in [0.3, 0.4) is 0 Å². The van der Waals surface area contributed by atoms with E-state index in [0.717, 1.165) is 29.1 Å². The van der Waals surface area contributed by atoms with Crippen LogP contribution in [0.5, 0.6) is 0 Å². The Kier molecular flexibility index (Phi) is 3.10. The van der Waals surface area contributed by atoms with Gasteiger partial charge in [-0.1, -0.05) is 24.3 Å². The first-order chi connectivity index (χ1) is 10.0. The Hall–Kier alpha value is -2.47. The van der Waals surface area contributed by atoms with Crippen molar-refractivity contribution in [2.45, 2.75) is 0 Å². The van der Waals surface area contributed by atoms with E-state index < -0.39 is 10.0 Å². The minimum Gasteiger partial charge on any atom is -0.298 e. The molecule has 5 nitrogen and oxygen atoms in total. The van der Waals surface area contributed by atoms with Gasteiger partial charge in [-0.05, 0) is 11.6 Å². The predicted molar refractivity (Wildman–Crippen MR) is 80.8 cm³/mol. The summed E-state index contributed by atoms with van der Waals surface area (Å²) in [6.07, 6.45) is 6.66.